The summed E-state index contributed by atoms with van der Waals surface area (Å²) in [5, 5.41) is 9.42. The number of ether oxygens (including phenoxy) is 4. The summed E-state index contributed by atoms with van der Waals surface area (Å²) in [5.41, 5.74) is 3.79. The normalized spacial score (nSPS) is 14.0. The highest BCUT2D eigenvalue weighted by Crippen LogP contribution is 2.36. The summed E-state index contributed by atoms with van der Waals surface area (Å²) in [6.45, 7) is 2.09. The molecule has 1 aliphatic rings. The van der Waals surface area contributed by atoms with Crippen LogP contribution in [0.2, 0.25) is 0 Å². The average Bonchev–Trinajstić information content (AvgIpc) is 3.44. The number of nitrogens with zero attached hydrogens (tertiary/aromatic N) is 3. The van der Waals surface area contributed by atoms with Crippen molar-refractivity contribution < 1.29 is 23.7 Å². The molecule has 0 unspecified atom stereocenters. The molecule has 2 heterocycles. The monoisotopic (exact) mass is 657 g/mol. The second-order valence-corrected chi connectivity index (χ2v) is 11.7. The van der Waals surface area contributed by atoms with Crippen molar-refractivity contribution in [1.82, 2.24) is 4.57 Å². The summed E-state index contributed by atoms with van der Waals surface area (Å²) in [6, 6.07) is 30.7. The van der Waals surface area contributed by atoms with E-state index in [1.54, 1.807) is 56.1 Å². The van der Waals surface area contributed by atoms with Crippen LogP contribution in [0.5, 0.6) is 17.2 Å². The van der Waals surface area contributed by atoms with E-state index in [4.69, 9.17) is 23.9 Å². The predicted molar refractivity (Wildman–Crippen MR) is 183 cm³/mol. The summed E-state index contributed by atoms with van der Waals surface area (Å²) in [5.74, 6) is 0.992. The molecule has 10 heteroatoms. The van der Waals surface area contributed by atoms with Crippen molar-refractivity contribution in [2.75, 3.05) is 20.8 Å². The molecule has 6 rings (SSSR count). The van der Waals surface area contributed by atoms with Gasteiger partial charge in [-0.1, -0.05) is 78.1 Å². The number of fused-ring (bicyclic) bond motifs is 1. The molecule has 0 N–H and O–H groups in total. The Morgan fingerprint density at radius 2 is 1.75 bits per heavy atom. The first-order chi connectivity index (χ1) is 23.4. The van der Waals surface area contributed by atoms with Crippen molar-refractivity contribution in [3.05, 3.63) is 150 Å². The number of carbonyl (C=O) groups is 1. The van der Waals surface area contributed by atoms with E-state index >= 15 is 0 Å². The van der Waals surface area contributed by atoms with E-state index in [0.29, 0.717) is 49.0 Å². The van der Waals surface area contributed by atoms with Gasteiger partial charge in [-0.15, -0.1) is 0 Å². The third kappa shape index (κ3) is 6.36. The van der Waals surface area contributed by atoms with Crippen LogP contribution in [0.1, 0.15) is 40.8 Å². The molecule has 1 atom stereocenters. The number of hydrogen-bond acceptors (Lipinski definition) is 9. The molecular formula is C38H31N3O6S. The number of aromatic nitrogens is 1. The number of nitriles is 1. The van der Waals surface area contributed by atoms with Gasteiger partial charge in [0, 0.05) is 11.1 Å². The van der Waals surface area contributed by atoms with Crippen LogP contribution in [-0.2, 0) is 16.1 Å². The maximum absolute atomic E-state index is 14.3. The number of carbonyl (C=O) groups excluding carboxylic acids is 1. The predicted octanol–water partition coefficient (Wildman–Crippen LogP) is 5.40. The Hall–Kier alpha value is -5.92. The quantitative estimate of drug-likeness (QED) is 0.185. The van der Waals surface area contributed by atoms with Crippen LogP contribution in [0, 0.1) is 11.3 Å². The first-order valence-electron chi connectivity index (χ1n) is 15.2. The molecule has 240 valence electrons. The number of rotatable bonds is 10. The number of methoxy groups -OCH3 is 2. The van der Waals surface area contributed by atoms with Crippen molar-refractivity contribution in [1.29, 1.82) is 5.26 Å². The molecule has 0 amide bonds. The van der Waals surface area contributed by atoms with Gasteiger partial charge in [0.1, 0.15) is 12.4 Å². The molecule has 9 nitrogen and oxygen atoms in total. The fourth-order valence-corrected chi connectivity index (χ4v) is 6.52. The Bertz CT molecular complexity index is 2250. The Labute approximate surface area is 280 Å². The number of thiazole rings is 1. The highest BCUT2D eigenvalue weighted by Gasteiger charge is 2.35. The highest BCUT2D eigenvalue weighted by atomic mass is 32.1. The summed E-state index contributed by atoms with van der Waals surface area (Å²) in [4.78, 5) is 33.3. The van der Waals surface area contributed by atoms with E-state index in [-0.39, 0.29) is 24.3 Å². The van der Waals surface area contributed by atoms with Crippen LogP contribution in [0.3, 0.4) is 0 Å². The van der Waals surface area contributed by atoms with E-state index < -0.39 is 12.0 Å². The molecule has 48 heavy (non-hydrogen) atoms. The summed E-state index contributed by atoms with van der Waals surface area (Å²) >= 11 is 1.23. The van der Waals surface area contributed by atoms with E-state index in [1.165, 1.54) is 11.3 Å². The first-order valence-corrected chi connectivity index (χ1v) is 16.0. The Morgan fingerprint density at radius 1 is 0.958 bits per heavy atom. The fourth-order valence-electron chi connectivity index (χ4n) is 5.52. The smallest absolute Gasteiger partial charge is 0.338 e. The van der Waals surface area contributed by atoms with Gasteiger partial charge in [0.25, 0.3) is 5.56 Å². The number of esters is 1. The Balaban J connectivity index is 1.47. The van der Waals surface area contributed by atoms with Gasteiger partial charge in [0.15, 0.2) is 16.3 Å². The van der Waals surface area contributed by atoms with Crippen LogP contribution in [-0.4, -0.2) is 31.4 Å². The van der Waals surface area contributed by atoms with Gasteiger partial charge in [-0.2, -0.15) is 5.26 Å². The summed E-state index contributed by atoms with van der Waals surface area (Å²) in [6.07, 6.45) is 1.76. The minimum absolute atomic E-state index is 0.159. The molecule has 1 aromatic heterocycles. The topological polar surface area (TPSA) is 112 Å². The second-order valence-electron chi connectivity index (χ2n) is 10.7. The fraction of sp³-hybridized carbons (Fsp3) is 0.158. The van der Waals surface area contributed by atoms with Crippen LogP contribution in [0.15, 0.2) is 112 Å². The molecule has 0 aliphatic carbocycles. The third-order valence-electron chi connectivity index (χ3n) is 7.79. The van der Waals surface area contributed by atoms with Crippen molar-refractivity contribution >= 4 is 29.1 Å². The minimum Gasteiger partial charge on any atom is -0.497 e. The van der Waals surface area contributed by atoms with Crippen molar-refractivity contribution in [2.45, 2.75) is 19.6 Å². The van der Waals surface area contributed by atoms with E-state index in [9.17, 15) is 14.9 Å². The molecule has 0 spiro atoms. The summed E-state index contributed by atoms with van der Waals surface area (Å²) < 4.78 is 24.7. The zero-order valence-electron chi connectivity index (χ0n) is 26.5. The van der Waals surface area contributed by atoms with Crippen LogP contribution >= 0.6 is 11.3 Å². The average molecular weight is 658 g/mol. The van der Waals surface area contributed by atoms with Gasteiger partial charge in [-0.3, -0.25) is 9.36 Å². The molecule has 0 bridgehead atoms. The largest absolute Gasteiger partial charge is 0.497 e. The molecule has 0 saturated heterocycles. The molecular weight excluding hydrogens is 627 g/mol. The standard InChI is InChI=1S/C38H31N3O6S/c1-4-46-37(43)33-34(25-11-6-5-7-12-25)40-38-41(35(33)26-15-10-16-29(21-26)44-2)36(42)32(48-38)20-24-17-18-30(31(19-24)45-3)47-23-28-14-9-8-13-27(28)22-39/h5-21,35H,4,23H2,1-3H3/b32-20+/t35-/m1/s1. The zero-order valence-corrected chi connectivity index (χ0v) is 27.3. The van der Waals surface area contributed by atoms with Gasteiger partial charge in [0.05, 0.1) is 54.3 Å². The van der Waals surface area contributed by atoms with E-state index in [1.807, 2.05) is 72.8 Å². The molecule has 1 aliphatic heterocycles. The van der Waals surface area contributed by atoms with E-state index in [2.05, 4.69) is 6.07 Å². The lowest BCUT2D eigenvalue weighted by Gasteiger charge is -2.26. The summed E-state index contributed by atoms with van der Waals surface area (Å²) in [7, 11) is 3.11. The molecule has 0 saturated carbocycles. The van der Waals surface area contributed by atoms with E-state index in [0.717, 1.165) is 11.1 Å². The molecule has 0 radical (unpaired) electrons. The maximum atomic E-state index is 14.3. The van der Waals surface area contributed by atoms with Gasteiger partial charge >= 0.3 is 5.97 Å². The van der Waals surface area contributed by atoms with Crippen LogP contribution in [0.4, 0.5) is 0 Å². The van der Waals surface area contributed by atoms with Crippen molar-refractivity contribution in [3.63, 3.8) is 0 Å². The number of hydrogen-bond donors (Lipinski definition) is 0. The lowest BCUT2D eigenvalue weighted by Crippen LogP contribution is -2.40. The third-order valence-corrected chi connectivity index (χ3v) is 8.77. The zero-order chi connectivity index (χ0) is 33.6. The Morgan fingerprint density at radius 3 is 2.50 bits per heavy atom. The lowest BCUT2D eigenvalue weighted by molar-refractivity contribution is -0.138. The highest BCUT2D eigenvalue weighted by molar-refractivity contribution is 7.07. The lowest BCUT2D eigenvalue weighted by atomic mass is 9.93. The molecule has 4 aromatic carbocycles. The van der Waals surface area contributed by atoms with Gasteiger partial charge < -0.3 is 18.9 Å². The maximum Gasteiger partial charge on any atom is 0.338 e. The number of benzene rings is 4. The van der Waals surface area contributed by atoms with Gasteiger partial charge in [0.2, 0.25) is 0 Å². The van der Waals surface area contributed by atoms with Crippen molar-refractivity contribution in [2.24, 2.45) is 4.99 Å². The first kappa shape index (κ1) is 32.0. The van der Waals surface area contributed by atoms with Crippen LogP contribution < -0.4 is 29.1 Å². The van der Waals surface area contributed by atoms with Crippen molar-refractivity contribution in [3.8, 4) is 23.3 Å². The minimum atomic E-state index is -0.825. The van der Waals surface area contributed by atoms with Crippen LogP contribution in [0.25, 0.3) is 11.8 Å². The SMILES string of the molecule is CCOC(=O)C1=C(c2ccccc2)N=c2s/c(=C/c3ccc(OCc4ccccc4C#N)c(OC)c3)c(=O)n2[C@@H]1c1cccc(OC)c1. The molecule has 5 aromatic rings. The Kier molecular flexibility index (Phi) is 9.50. The van der Waals surface area contributed by atoms with Gasteiger partial charge in [-0.25, -0.2) is 9.79 Å². The molecule has 0 fully saturated rings. The second kappa shape index (κ2) is 14.2. The van der Waals surface area contributed by atoms with Gasteiger partial charge in [-0.05, 0) is 54.5 Å².